The number of hydrogen-bond acceptors (Lipinski definition) is 4. The SMILES string of the molecule is CCNC(=NCc1cccc(OCC(=O)N(C)C)c1)NCc1oc2ccccc2c1C. The van der Waals surface area contributed by atoms with Crippen molar-refractivity contribution in [1.29, 1.82) is 0 Å². The van der Waals surface area contributed by atoms with Crippen LogP contribution in [0.15, 0.2) is 57.9 Å². The largest absolute Gasteiger partial charge is 0.484 e. The van der Waals surface area contributed by atoms with Crippen molar-refractivity contribution in [1.82, 2.24) is 15.5 Å². The van der Waals surface area contributed by atoms with Crippen molar-refractivity contribution >= 4 is 22.8 Å². The molecule has 7 heteroatoms. The van der Waals surface area contributed by atoms with Crippen LogP contribution in [-0.4, -0.2) is 44.0 Å². The number of likely N-dealkylation sites (N-methyl/N-ethyl adjacent to an activating group) is 1. The molecule has 0 aliphatic heterocycles. The van der Waals surface area contributed by atoms with Crippen molar-refractivity contribution in [2.75, 3.05) is 27.2 Å². The van der Waals surface area contributed by atoms with E-state index in [9.17, 15) is 4.79 Å². The molecule has 0 fully saturated rings. The number of fused-ring (bicyclic) bond motifs is 1. The summed E-state index contributed by atoms with van der Waals surface area (Å²) in [5, 5.41) is 7.73. The molecule has 164 valence electrons. The van der Waals surface area contributed by atoms with Gasteiger partial charge >= 0.3 is 0 Å². The van der Waals surface area contributed by atoms with Gasteiger partial charge in [-0.1, -0.05) is 30.3 Å². The van der Waals surface area contributed by atoms with Gasteiger partial charge in [-0.2, -0.15) is 0 Å². The number of aliphatic imine (C=N–C) groups is 1. The Balaban J connectivity index is 1.63. The number of nitrogens with zero attached hydrogens (tertiary/aromatic N) is 2. The first-order valence-electron chi connectivity index (χ1n) is 10.4. The second-order valence-electron chi connectivity index (χ2n) is 7.42. The molecule has 0 saturated carbocycles. The highest BCUT2D eigenvalue weighted by Gasteiger charge is 2.10. The summed E-state index contributed by atoms with van der Waals surface area (Å²) in [5.41, 5.74) is 3.02. The van der Waals surface area contributed by atoms with Crippen LogP contribution in [0.25, 0.3) is 11.0 Å². The van der Waals surface area contributed by atoms with Crippen LogP contribution in [0.5, 0.6) is 5.75 Å². The first kappa shape index (κ1) is 22.2. The highest BCUT2D eigenvalue weighted by molar-refractivity contribution is 5.83. The zero-order valence-corrected chi connectivity index (χ0v) is 18.6. The third-order valence-electron chi connectivity index (χ3n) is 4.88. The third-order valence-corrected chi connectivity index (χ3v) is 4.88. The maximum Gasteiger partial charge on any atom is 0.259 e. The summed E-state index contributed by atoms with van der Waals surface area (Å²) in [6, 6.07) is 15.7. The predicted octanol–water partition coefficient (Wildman–Crippen LogP) is 3.46. The van der Waals surface area contributed by atoms with Gasteiger partial charge in [0.25, 0.3) is 5.91 Å². The summed E-state index contributed by atoms with van der Waals surface area (Å²) >= 11 is 0. The van der Waals surface area contributed by atoms with Crippen LogP contribution >= 0.6 is 0 Å². The fourth-order valence-corrected chi connectivity index (χ4v) is 3.08. The number of furan rings is 1. The van der Waals surface area contributed by atoms with Gasteiger partial charge in [-0.25, -0.2) is 4.99 Å². The number of rotatable bonds is 8. The maximum absolute atomic E-state index is 11.7. The molecular formula is C24H30N4O3. The zero-order chi connectivity index (χ0) is 22.2. The molecule has 0 unspecified atom stereocenters. The zero-order valence-electron chi connectivity index (χ0n) is 18.6. The molecule has 1 heterocycles. The summed E-state index contributed by atoms with van der Waals surface area (Å²) < 4.78 is 11.6. The maximum atomic E-state index is 11.7. The van der Waals surface area contributed by atoms with E-state index in [2.05, 4.69) is 28.6 Å². The van der Waals surface area contributed by atoms with E-state index >= 15 is 0 Å². The predicted molar refractivity (Wildman–Crippen MR) is 123 cm³/mol. The molecule has 0 aliphatic rings. The smallest absolute Gasteiger partial charge is 0.259 e. The van der Waals surface area contributed by atoms with E-state index in [0.717, 1.165) is 34.4 Å². The van der Waals surface area contributed by atoms with Crippen LogP contribution in [0.3, 0.4) is 0 Å². The molecule has 0 spiro atoms. The van der Waals surface area contributed by atoms with Gasteiger partial charge < -0.3 is 24.7 Å². The molecule has 0 atom stereocenters. The van der Waals surface area contributed by atoms with Crippen molar-refractivity contribution in [3.63, 3.8) is 0 Å². The van der Waals surface area contributed by atoms with Crippen molar-refractivity contribution in [3.05, 3.63) is 65.4 Å². The van der Waals surface area contributed by atoms with Crippen LogP contribution in [0.2, 0.25) is 0 Å². The monoisotopic (exact) mass is 422 g/mol. The van der Waals surface area contributed by atoms with Gasteiger partial charge in [-0.3, -0.25) is 4.79 Å². The Morgan fingerprint density at radius 2 is 1.94 bits per heavy atom. The summed E-state index contributed by atoms with van der Waals surface area (Å²) in [4.78, 5) is 17.9. The van der Waals surface area contributed by atoms with Gasteiger partial charge in [0.05, 0.1) is 13.1 Å². The Morgan fingerprint density at radius 3 is 2.68 bits per heavy atom. The summed E-state index contributed by atoms with van der Waals surface area (Å²) in [6.45, 7) is 5.89. The normalized spacial score (nSPS) is 11.4. The second-order valence-corrected chi connectivity index (χ2v) is 7.42. The molecule has 3 rings (SSSR count). The first-order valence-corrected chi connectivity index (χ1v) is 10.4. The van der Waals surface area contributed by atoms with E-state index in [0.29, 0.717) is 24.8 Å². The molecule has 31 heavy (non-hydrogen) atoms. The summed E-state index contributed by atoms with van der Waals surface area (Å²) in [5.74, 6) is 2.17. The van der Waals surface area contributed by atoms with Crippen LogP contribution in [0, 0.1) is 6.92 Å². The lowest BCUT2D eigenvalue weighted by Gasteiger charge is -2.12. The lowest BCUT2D eigenvalue weighted by atomic mass is 10.1. The Kier molecular flexibility index (Phi) is 7.54. The number of benzene rings is 2. The molecule has 2 aromatic carbocycles. The topological polar surface area (TPSA) is 79.1 Å². The van der Waals surface area contributed by atoms with Gasteiger partial charge in [0.2, 0.25) is 0 Å². The lowest BCUT2D eigenvalue weighted by Crippen LogP contribution is -2.36. The minimum atomic E-state index is -0.0806. The molecule has 2 N–H and O–H groups in total. The van der Waals surface area contributed by atoms with E-state index < -0.39 is 0 Å². The third kappa shape index (κ3) is 6.01. The Morgan fingerprint density at radius 1 is 1.13 bits per heavy atom. The number of hydrogen-bond donors (Lipinski definition) is 2. The first-order chi connectivity index (χ1) is 15.0. The van der Waals surface area contributed by atoms with Crippen LogP contribution in [0.1, 0.15) is 23.8 Å². The number of aryl methyl sites for hydroxylation is 1. The molecule has 0 radical (unpaired) electrons. The van der Waals surface area contributed by atoms with Gasteiger partial charge in [0.15, 0.2) is 12.6 Å². The quantitative estimate of drug-likeness (QED) is 0.429. The van der Waals surface area contributed by atoms with Gasteiger partial charge in [-0.05, 0) is 37.6 Å². The molecule has 0 bridgehead atoms. The molecule has 1 aromatic heterocycles. The highest BCUT2D eigenvalue weighted by atomic mass is 16.5. The number of carbonyl (C=O) groups is 1. The molecule has 1 amide bonds. The number of carbonyl (C=O) groups excluding carboxylic acids is 1. The molecule has 0 aliphatic carbocycles. The molecule has 0 saturated heterocycles. The Labute approximate surface area is 183 Å². The van der Waals surface area contributed by atoms with Crippen molar-refractivity contribution in [2.45, 2.75) is 26.9 Å². The van der Waals surface area contributed by atoms with Crippen LogP contribution in [0.4, 0.5) is 0 Å². The van der Waals surface area contributed by atoms with Gasteiger partial charge in [-0.15, -0.1) is 0 Å². The number of amides is 1. The minimum absolute atomic E-state index is 0.0147. The Hall–Kier alpha value is -3.48. The lowest BCUT2D eigenvalue weighted by molar-refractivity contribution is -0.130. The van der Waals surface area contributed by atoms with E-state index in [1.54, 1.807) is 14.1 Å². The molecular weight excluding hydrogens is 392 g/mol. The van der Waals surface area contributed by atoms with Crippen molar-refractivity contribution in [2.24, 2.45) is 4.99 Å². The van der Waals surface area contributed by atoms with E-state index in [1.165, 1.54) is 4.90 Å². The van der Waals surface area contributed by atoms with Gasteiger partial charge in [0, 0.05) is 31.6 Å². The number of para-hydroxylation sites is 1. The number of ether oxygens (including phenoxy) is 1. The summed E-state index contributed by atoms with van der Waals surface area (Å²) in [7, 11) is 3.41. The fraction of sp³-hybridized carbons (Fsp3) is 0.333. The second kappa shape index (κ2) is 10.5. The van der Waals surface area contributed by atoms with E-state index in [4.69, 9.17) is 9.15 Å². The molecule has 3 aromatic rings. The average molecular weight is 423 g/mol. The number of nitrogens with one attached hydrogen (secondary N) is 2. The van der Waals surface area contributed by atoms with E-state index in [1.807, 2.05) is 49.4 Å². The average Bonchev–Trinajstić information content (AvgIpc) is 3.10. The fourth-order valence-electron chi connectivity index (χ4n) is 3.08. The summed E-state index contributed by atoms with van der Waals surface area (Å²) in [6.07, 6.45) is 0. The van der Waals surface area contributed by atoms with Crippen LogP contribution < -0.4 is 15.4 Å². The number of guanidine groups is 1. The van der Waals surface area contributed by atoms with E-state index in [-0.39, 0.29) is 12.5 Å². The van der Waals surface area contributed by atoms with Crippen LogP contribution in [-0.2, 0) is 17.9 Å². The Bertz CT molecular complexity index is 1060. The standard InChI is InChI=1S/C24H30N4O3/c1-5-25-24(27-15-22-17(2)20-11-6-7-12-21(20)31-22)26-14-18-9-8-10-19(13-18)30-16-23(29)28(3)4/h6-13H,5,14-16H2,1-4H3,(H2,25,26,27). The van der Waals surface area contributed by atoms with Crippen molar-refractivity contribution in [3.8, 4) is 5.75 Å². The molecule has 7 nitrogen and oxygen atoms in total. The minimum Gasteiger partial charge on any atom is -0.484 e. The van der Waals surface area contributed by atoms with Crippen molar-refractivity contribution < 1.29 is 13.9 Å². The van der Waals surface area contributed by atoms with Gasteiger partial charge in [0.1, 0.15) is 17.1 Å². The highest BCUT2D eigenvalue weighted by Crippen LogP contribution is 2.24.